The van der Waals surface area contributed by atoms with Crippen LogP contribution in [-0.2, 0) is 16.0 Å². The van der Waals surface area contributed by atoms with Gasteiger partial charge in [-0.05, 0) is 17.7 Å². The second kappa shape index (κ2) is 8.39. The number of amides is 2. The first kappa shape index (κ1) is 17.9. The number of carbonyl (C=O) groups excluding carboxylic acids is 2. The molecule has 0 atom stereocenters. The zero-order chi connectivity index (χ0) is 16.8. The van der Waals surface area contributed by atoms with E-state index in [0.717, 1.165) is 5.56 Å². The van der Waals surface area contributed by atoms with Crippen LogP contribution in [-0.4, -0.2) is 53.0 Å². The topological polar surface area (TPSA) is 40.6 Å². The standard InChI is InChI=1S/C18H26N2O2S/c1-4-17(21)19-9-11-20(12-10-19)18(22)13-15-5-7-16(8-6-15)23-14(2)3/h5-8,14H,4,9-13H2,1-3H3. The lowest BCUT2D eigenvalue weighted by atomic mass is 10.1. The third kappa shape index (κ3) is 5.27. The molecule has 5 heteroatoms. The van der Waals surface area contributed by atoms with Crippen LogP contribution < -0.4 is 0 Å². The smallest absolute Gasteiger partial charge is 0.227 e. The number of piperazine rings is 1. The molecule has 0 aromatic heterocycles. The number of hydrogen-bond acceptors (Lipinski definition) is 3. The minimum Gasteiger partial charge on any atom is -0.339 e. The van der Waals surface area contributed by atoms with E-state index in [4.69, 9.17) is 0 Å². The molecule has 2 amide bonds. The Hall–Kier alpha value is -1.49. The van der Waals surface area contributed by atoms with Crippen LogP contribution in [0.4, 0.5) is 0 Å². The molecular formula is C18H26N2O2S. The summed E-state index contributed by atoms with van der Waals surface area (Å²) in [6, 6.07) is 8.26. The summed E-state index contributed by atoms with van der Waals surface area (Å²) in [6.45, 7) is 8.82. The molecule has 0 N–H and O–H groups in total. The quantitative estimate of drug-likeness (QED) is 0.778. The van der Waals surface area contributed by atoms with Gasteiger partial charge in [-0.2, -0.15) is 0 Å². The number of benzene rings is 1. The van der Waals surface area contributed by atoms with Crippen LogP contribution in [0.1, 0.15) is 32.8 Å². The lowest BCUT2D eigenvalue weighted by molar-refractivity contribution is -0.139. The summed E-state index contributed by atoms with van der Waals surface area (Å²) < 4.78 is 0. The lowest BCUT2D eigenvalue weighted by Crippen LogP contribution is -2.50. The van der Waals surface area contributed by atoms with Crippen LogP contribution >= 0.6 is 11.8 Å². The first-order valence-electron chi connectivity index (χ1n) is 8.30. The van der Waals surface area contributed by atoms with Gasteiger partial charge < -0.3 is 9.80 Å². The molecule has 4 nitrogen and oxygen atoms in total. The van der Waals surface area contributed by atoms with Gasteiger partial charge in [0.05, 0.1) is 6.42 Å². The summed E-state index contributed by atoms with van der Waals surface area (Å²) in [4.78, 5) is 29.0. The van der Waals surface area contributed by atoms with Crippen molar-refractivity contribution < 1.29 is 9.59 Å². The van der Waals surface area contributed by atoms with E-state index in [1.807, 2.05) is 40.6 Å². The predicted octanol–water partition coefficient (Wildman–Crippen LogP) is 2.81. The second-order valence-electron chi connectivity index (χ2n) is 6.10. The Morgan fingerprint density at radius 3 is 2.00 bits per heavy atom. The van der Waals surface area contributed by atoms with Crippen LogP contribution in [0.3, 0.4) is 0 Å². The number of thioether (sulfide) groups is 1. The maximum absolute atomic E-state index is 12.4. The highest BCUT2D eigenvalue weighted by Gasteiger charge is 2.23. The molecular weight excluding hydrogens is 308 g/mol. The van der Waals surface area contributed by atoms with E-state index in [0.29, 0.717) is 44.3 Å². The number of hydrogen-bond donors (Lipinski definition) is 0. The summed E-state index contributed by atoms with van der Waals surface area (Å²) in [5.41, 5.74) is 1.05. The normalized spacial score (nSPS) is 15.1. The Kier molecular flexibility index (Phi) is 6.51. The number of rotatable bonds is 5. The summed E-state index contributed by atoms with van der Waals surface area (Å²) >= 11 is 1.83. The van der Waals surface area contributed by atoms with Crippen molar-refractivity contribution in [1.82, 2.24) is 9.80 Å². The molecule has 126 valence electrons. The van der Waals surface area contributed by atoms with Crippen LogP contribution in [0, 0.1) is 0 Å². The van der Waals surface area contributed by atoms with E-state index in [2.05, 4.69) is 26.0 Å². The van der Waals surface area contributed by atoms with Crippen molar-refractivity contribution in [1.29, 1.82) is 0 Å². The maximum Gasteiger partial charge on any atom is 0.227 e. The zero-order valence-electron chi connectivity index (χ0n) is 14.2. The average molecular weight is 334 g/mol. The minimum atomic E-state index is 0.151. The molecule has 0 radical (unpaired) electrons. The van der Waals surface area contributed by atoms with Crippen molar-refractivity contribution in [3.63, 3.8) is 0 Å². The molecule has 0 unspecified atom stereocenters. The fourth-order valence-corrected chi connectivity index (χ4v) is 3.51. The lowest BCUT2D eigenvalue weighted by Gasteiger charge is -2.34. The fraction of sp³-hybridized carbons (Fsp3) is 0.556. The molecule has 1 aliphatic heterocycles. The third-order valence-corrected chi connectivity index (χ3v) is 4.95. The second-order valence-corrected chi connectivity index (χ2v) is 7.75. The Morgan fingerprint density at radius 2 is 1.52 bits per heavy atom. The molecule has 1 saturated heterocycles. The van der Waals surface area contributed by atoms with Gasteiger partial charge in [0.2, 0.25) is 11.8 Å². The van der Waals surface area contributed by atoms with Crippen LogP contribution in [0.25, 0.3) is 0 Å². The highest BCUT2D eigenvalue weighted by atomic mass is 32.2. The van der Waals surface area contributed by atoms with Gasteiger partial charge in [0, 0.05) is 42.7 Å². The van der Waals surface area contributed by atoms with Gasteiger partial charge in [-0.1, -0.05) is 32.9 Å². The Morgan fingerprint density at radius 1 is 1.00 bits per heavy atom. The van der Waals surface area contributed by atoms with E-state index < -0.39 is 0 Å². The van der Waals surface area contributed by atoms with Crippen LogP contribution in [0.15, 0.2) is 29.2 Å². The van der Waals surface area contributed by atoms with Gasteiger partial charge >= 0.3 is 0 Å². The zero-order valence-corrected chi connectivity index (χ0v) is 15.1. The molecule has 0 aliphatic carbocycles. The first-order valence-corrected chi connectivity index (χ1v) is 9.18. The minimum absolute atomic E-state index is 0.151. The third-order valence-electron chi connectivity index (χ3n) is 3.94. The maximum atomic E-state index is 12.4. The Labute approximate surface area is 143 Å². The molecule has 23 heavy (non-hydrogen) atoms. The van der Waals surface area contributed by atoms with E-state index in [9.17, 15) is 9.59 Å². The first-order chi connectivity index (χ1) is 11.0. The monoisotopic (exact) mass is 334 g/mol. The SMILES string of the molecule is CCC(=O)N1CCN(C(=O)Cc2ccc(SC(C)C)cc2)CC1. The number of carbonyl (C=O) groups is 2. The molecule has 1 aromatic rings. The summed E-state index contributed by atoms with van der Waals surface area (Å²) in [5, 5.41) is 0.560. The highest BCUT2D eigenvalue weighted by molar-refractivity contribution is 7.99. The molecule has 1 heterocycles. The van der Waals surface area contributed by atoms with E-state index in [-0.39, 0.29) is 11.8 Å². The Balaban J connectivity index is 1.84. The van der Waals surface area contributed by atoms with Crippen molar-refractivity contribution in [2.24, 2.45) is 0 Å². The van der Waals surface area contributed by atoms with Gasteiger partial charge in [-0.3, -0.25) is 9.59 Å². The summed E-state index contributed by atoms with van der Waals surface area (Å²) in [7, 11) is 0. The Bertz CT molecular complexity index is 534. The van der Waals surface area contributed by atoms with Gasteiger partial charge in [-0.15, -0.1) is 11.8 Å². The van der Waals surface area contributed by atoms with Crippen LogP contribution in [0.5, 0.6) is 0 Å². The molecule has 1 aliphatic rings. The molecule has 1 aromatic carbocycles. The van der Waals surface area contributed by atoms with Crippen molar-refractivity contribution in [3.8, 4) is 0 Å². The molecule has 0 bridgehead atoms. The van der Waals surface area contributed by atoms with Crippen molar-refractivity contribution in [2.75, 3.05) is 26.2 Å². The van der Waals surface area contributed by atoms with Gasteiger partial charge in [0.1, 0.15) is 0 Å². The highest BCUT2D eigenvalue weighted by Crippen LogP contribution is 2.23. The molecule has 0 spiro atoms. The molecule has 0 saturated carbocycles. The predicted molar refractivity (Wildman–Crippen MR) is 94.6 cm³/mol. The van der Waals surface area contributed by atoms with E-state index in [1.165, 1.54) is 4.90 Å². The van der Waals surface area contributed by atoms with Crippen molar-refractivity contribution in [2.45, 2.75) is 43.8 Å². The average Bonchev–Trinajstić information content (AvgIpc) is 2.55. The largest absolute Gasteiger partial charge is 0.339 e. The molecule has 2 rings (SSSR count). The molecule has 1 fully saturated rings. The fourth-order valence-electron chi connectivity index (χ4n) is 2.67. The van der Waals surface area contributed by atoms with E-state index >= 15 is 0 Å². The van der Waals surface area contributed by atoms with E-state index in [1.54, 1.807) is 0 Å². The van der Waals surface area contributed by atoms with Gasteiger partial charge in [0.25, 0.3) is 0 Å². The summed E-state index contributed by atoms with van der Waals surface area (Å²) in [5.74, 6) is 0.327. The summed E-state index contributed by atoms with van der Waals surface area (Å²) in [6.07, 6.45) is 0.975. The van der Waals surface area contributed by atoms with Crippen molar-refractivity contribution >= 4 is 23.6 Å². The number of nitrogens with zero attached hydrogens (tertiary/aromatic N) is 2. The van der Waals surface area contributed by atoms with Crippen LogP contribution in [0.2, 0.25) is 0 Å². The van der Waals surface area contributed by atoms with Crippen molar-refractivity contribution in [3.05, 3.63) is 29.8 Å². The van der Waals surface area contributed by atoms with Gasteiger partial charge in [-0.25, -0.2) is 0 Å². The van der Waals surface area contributed by atoms with Gasteiger partial charge in [0.15, 0.2) is 0 Å².